The Labute approximate surface area is 174 Å². The van der Waals surface area contributed by atoms with Crippen LogP contribution in [0.4, 0.5) is 11.8 Å². The third kappa shape index (κ3) is 3.75. The molecule has 1 aliphatic rings. The first-order chi connectivity index (χ1) is 14.7. The van der Waals surface area contributed by atoms with Gasteiger partial charge in [0, 0.05) is 18.2 Å². The highest BCUT2D eigenvalue weighted by Crippen LogP contribution is 2.33. The Hall–Kier alpha value is -4.06. The second-order valence-corrected chi connectivity index (χ2v) is 6.98. The van der Waals surface area contributed by atoms with Gasteiger partial charge in [-0.05, 0) is 34.9 Å². The molecular weight excluding hydrogens is 376 g/mol. The van der Waals surface area contributed by atoms with Crippen molar-refractivity contribution in [2.24, 2.45) is 0 Å². The van der Waals surface area contributed by atoms with Gasteiger partial charge < -0.3 is 20.5 Å². The number of ether oxygens (including phenoxy) is 2. The molecule has 0 unspecified atom stereocenters. The van der Waals surface area contributed by atoms with E-state index < -0.39 is 0 Å². The van der Waals surface area contributed by atoms with E-state index in [1.165, 1.54) is 0 Å². The number of nitrogen functional groups attached to an aromatic ring is 1. The van der Waals surface area contributed by atoms with E-state index in [0.717, 1.165) is 39.4 Å². The molecule has 6 heteroatoms. The van der Waals surface area contributed by atoms with Crippen LogP contribution in [0, 0.1) is 0 Å². The van der Waals surface area contributed by atoms with Gasteiger partial charge >= 0.3 is 0 Å². The average molecular weight is 396 g/mol. The number of nitrogens with zero attached hydrogens (tertiary/aromatic N) is 2. The van der Waals surface area contributed by atoms with Gasteiger partial charge in [0.15, 0.2) is 11.5 Å². The van der Waals surface area contributed by atoms with Gasteiger partial charge in [-0.1, -0.05) is 54.6 Å². The molecule has 6 nitrogen and oxygen atoms in total. The third-order valence-corrected chi connectivity index (χ3v) is 4.92. The smallest absolute Gasteiger partial charge is 0.231 e. The van der Waals surface area contributed by atoms with E-state index in [0.29, 0.717) is 12.4 Å². The maximum atomic E-state index is 5.99. The normalized spacial score (nSPS) is 12.0. The largest absolute Gasteiger partial charge is 0.454 e. The predicted molar refractivity (Wildman–Crippen MR) is 117 cm³/mol. The summed E-state index contributed by atoms with van der Waals surface area (Å²) in [5.41, 5.74) is 11.1. The molecule has 3 aromatic carbocycles. The maximum absolute atomic E-state index is 5.99. The van der Waals surface area contributed by atoms with Gasteiger partial charge in [0.2, 0.25) is 12.7 Å². The first kappa shape index (κ1) is 18.0. The number of rotatable bonds is 5. The molecule has 0 fully saturated rings. The number of fused-ring (bicyclic) bond motifs is 1. The molecule has 0 atom stereocenters. The molecule has 1 aromatic heterocycles. The van der Waals surface area contributed by atoms with Gasteiger partial charge in [-0.15, -0.1) is 0 Å². The number of hydrogen-bond acceptors (Lipinski definition) is 6. The van der Waals surface area contributed by atoms with Crippen LogP contribution in [0.3, 0.4) is 0 Å². The van der Waals surface area contributed by atoms with Crippen LogP contribution in [-0.4, -0.2) is 16.8 Å². The van der Waals surface area contributed by atoms with E-state index in [2.05, 4.69) is 39.6 Å². The van der Waals surface area contributed by atoms with Crippen molar-refractivity contribution in [1.29, 1.82) is 0 Å². The second-order valence-electron chi connectivity index (χ2n) is 6.98. The molecule has 2 heterocycles. The van der Waals surface area contributed by atoms with Crippen LogP contribution in [0.25, 0.3) is 22.4 Å². The lowest BCUT2D eigenvalue weighted by molar-refractivity contribution is 0.174. The summed E-state index contributed by atoms with van der Waals surface area (Å²) in [7, 11) is 0. The molecule has 0 amide bonds. The van der Waals surface area contributed by atoms with Gasteiger partial charge in [0.1, 0.15) is 5.82 Å². The first-order valence-corrected chi connectivity index (χ1v) is 9.67. The summed E-state index contributed by atoms with van der Waals surface area (Å²) in [6.45, 7) is 0.844. The highest BCUT2D eigenvalue weighted by atomic mass is 16.7. The van der Waals surface area contributed by atoms with Gasteiger partial charge in [-0.2, -0.15) is 4.98 Å². The van der Waals surface area contributed by atoms with Crippen LogP contribution in [0.2, 0.25) is 0 Å². The molecule has 148 valence electrons. The number of aromatic nitrogens is 2. The van der Waals surface area contributed by atoms with Crippen LogP contribution >= 0.6 is 0 Å². The summed E-state index contributed by atoms with van der Waals surface area (Å²) >= 11 is 0. The number of nitrogens with two attached hydrogens (primary N) is 1. The fourth-order valence-corrected chi connectivity index (χ4v) is 3.44. The summed E-state index contributed by atoms with van der Waals surface area (Å²) in [5, 5.41) is 3.32. The van der Waals surface area contributed by atoms with Crippen LogP contribution in [-0.2, 0) is 6.54 Å². The lowest BCUT2D eigenvalue weighted by atomic mass is 10.0. The number of hydrogen-bond donors (Lipinski definition) is 2. The van der Waals surface area contributed by atoms with Crippen molar-refractivity contribution < 1.29 is 9.47 Å². The highest BCUT2D eigenvalue weighted by Gasteiger charge is 2.13. The second kappa shape index (κ2) is 7.75. The molecule has 30 heavy (non-hydrogen) atoms. The summed E-state index contributed by atoms with van der Waals surface area (Å²) in [6, 6.07) is 26.3. The molecule has 3 N–H and O–H groups in total. The Morgan fingerprint density at radius 1 is 0.767 bits per heavy atom. The number of benzene rings is 3. The Kier molecular flexibility index (Phi) is 4.65. The average Bonchev–Trinajstić information content (AvgIpc) is 3.26. The highest BCUT2D eigenvalue weighted by molar-refractivity contribution is 5.72. The molecule has 1 aliphatic heterocycles. The zero-order valence-corrected chi connectivity index (χ0v) is 16.2. The molecule has 0 radical (unpaired) electrons. The van der Waals surface area contributed by atoms with Gasteiger partial charge in [-0.25, -0.2) is 4.98 Å². The quantitative estimate of drug-likeness (QED) is 0.507. The minimum atomic E-state index is 0.228. The fourth-order valence-electron chi connectivity index (χ4n) is 3.44. The van der Waals surface area contributed by atoms with Gasteiger partial charge in [0.25, 0.3) is 0 Å². The van der Waals surface area contributed by atoms with Crippen molar-refractivity contribution in [2.45, 2.75) is 6.54 Å². The summed E-state index contributed by atoms with van der Waals surface area (Å²) in [6.07, 6.45) is 0. The van der Waals surface area contributed by atoms with Crippen LogP contribution in [0.5, 0.6) is 11.5 Å². The lowest BCUT2D eigenvalue weighted by Gasteiger charge is -2.10. The van der Waals surface area contributed by atoms with Crippen molar-refractivity contribution in [3.05, 3.63) is 84.4 Å². The minimum Gasteiger partial charge on any atom is -0.454 e. The van der Waals surface area contributed by atoms with E-state index in [4.69, 9.17) is 15.2 Å². The predicted octanol–water partition coefficient (Wildman–Crippen LogP) is 4.73. The van der Waals surface area contributed by atoms with E-state index in [9.17, 15) is 0 Å². The molecule has 0 spiro atoms. The lowest BCUT2D eigenvalue weighted by Crippen LogP contribution is -2.05. The molecule has 4 aromatic rings. The Morgan fingerprint density at radius 3 is 2.47 bits per heavy atom. The van der Waals surface area contributed by atoms with Crippen molar-refractivity contribution in [1.82, 2.24) is 9.97 Å². The summed E-state index contributed by atoms with van der Waals surface area (Å²) in [4.78, 5) is 8.76. The molecule has 0 aliphatic carbocycles. The van der Waals surface area contributed by atoms with Crippen molar-refractivity contribution in [3.8, 4) is 33.9 Å². The van der Waals surface area contributed by atoms with Crippen LogP contribution in [0.1, 0.15) is 5.56 Å². The number of nitrogens with one attached hydrogen (secondary N) is 1. The molecule has 0 bridgehead atoms. The third-order valence-electron chi connectivity index (χ3n) is 4.92. The minimum absolute atomic E-state index is 0.228. The first-order valence-electron chi connectivity index (χ1n) is 9.67. The van der Waals surface area contributed by atoms with E-state index in [-0.39, 0.29) is 12.7 Å². The fraction of sp³-hybridized carbons (Fsp3) is 0.0833. The zero-order valence-electron chi connectivity index (χ0n) is 16.2. The Morgan fingerprint density at radius 2 is 1.57 bits per heavy atom. The standard InChI is InChI=1S/C24H20N4O2/c25-24-27-20(19-8-4-7-18(12-19)17-5-2-1-3-6-17)13-23(28-24)26-14-16-9-10-21-22(11-16)30-15-29-21/h1-13H,14-15H2,(H3,25,26,27,28). The van der Waals surface area contributed by atoms with Crippen LogP contribution in [0.15, 0.2) is 78.9 Å². The summed E-state index contributed by atoms with van der Waals surface area (Å²) < 4.78 is 10.8. The van der Waals surface area contributed by atoms with Crippen molar-refractivity contribution in [2.75, 3.05) is 17.8 Å². The molecule has 0 saturated heterocycles. The van der Waals surface area contributed by atoms with Crippen molar-refractivity contribution >= 4 is 11.8 Å². The Balaban J connectivity index is 1.39. The maximum Gasteiger partial charge on any atom is 0.231 e. The van der Waals surface area contributed by atoms with Gasteiger partial charge in [0.05, 0.1) is 5.69 Å². The zero-order chi connectivity index (χ0) is 20.3. The monoisotopic (exact) mass is 396 g/mol. The summed E-state index contributed by atoms with van der Waals surface area (Å²) in [5.74, 6) is 2.42. The van der Waals surface area contributed by atoms with Gasteiger partial charge in [-0.3, -0.25) is 0 Å². The van der Waals surface area contributed by atoms with E-state index >= 15 is 0 Å². The number of anilines is 2. The van der Waals surface area contributed by atoms with Crippen molar-refractivity contribution in [3.63, 3.8) is 0 Å². The molecule has 5 rings (SSSR count). The SMILES string of the molecule is Nc1nc(NCc2ccc3c(c2)OCO3)cc(-c2cccc(-c3ccccc3)c2)n1. The Bertz CT molecular complexity index is 1190. The van der Waals surface area contributed by atoms with E-state index in [1.54, 1.807) is 0 Å². The van der Waals surface area contributed by atoms with E-state index in [1.807, 2.05) is 54.6 Å². The topological polar surface area (TPSA) is 82.3 Å². The molecule has 0 saturated carbocycles. The molecular formula is C24H20N4O2. The van der Waals surface area contributed by atoms with Crippen LogP contribution < -0.4 is 20.5 Å².